The molecule has 0 heterocycles. The highest BCUT2D eigenvalue weighted by atomic mass is 16.1. The van der Waals surface area contributed by atoms with Gasteiger partial charge in [0.25, 0.3) is 0 Å². The SMILES string of the molecule is CC.CCCC(=O)NCCCC#N. The molecule has 1 amide bonds. The topological polar surface area (TPSA) is 52.9 Å². The molecule has 0 aliphatic carbocycles. The highest BCUT2D eigenvalue weighted by Gasteiger charge is 1.96. The largest absolute Gasteiger partial charge is 0.356 e. The molecule has 0 rings (SSSR count). The maximum absolute atomic E-state index is 10.8. The average Bonchev–Trinajstić information content (AvgIpc) is 2.16. The van der Waals surface area contributed by atoms with Crippen molar-refractivity contribution in [2.24, 2.45) is 0 Å². The van der Waals surface area contributed by atoms with Gasteiger partial charge in [-0.05, 0) is 12.8 Å². The van der Waals surface area contributed by atoms with Crippen molar-refractivity contribution in [3.8, 4) is 6.07 Å². The van der Waals surface area contributed by atoms with Gasteiger partial charge in [-0.15, -0.1) is 0 Å². The van der Waals surface area contributed by atoms with Crippen molar-refractivity contribution < 1.29 is 4.79 Å². The van der Waals surface area contributed by atoms with Crippen LogP contribution in [0.4, 0.5) is 0 Å². The zero-order valence-corrected chi connectivity index (χ0v) is 8.89. The van der Waals surface area contributed by atoms with Crippen LogP contribution in [0, 0.1) is 11.3 Å². The zero-order chi connectivity index (χ0) is 10.5. The van der Waals surface area contributed by atoms with Crippen molar-refractivity contribution in [2.75, 3.05) is 6.54 Å². The van der Waals surface area contributed by atoms with Gasteiger partial charge in [-0.1, -0.05) is 20.8 Å². The molecule has 0 aromatic carbocycles. The maximum atomic E-state index is 10.8. The summed E-state index contributed by atoms with van der Waals surface area (Å²) in [5, 5.41) is 10.9. The van der Waals surface area contributed by atoms with Crippen LogP contribution < -0.4 is 5.32 Å². The molecule has 1 N–H and O–H groups in total. The molecule has 0 aliphatic heterocycles. The molecule has 0 bridgehead atoms. The fraction of sp³-hybridized carbons (Fsp3) is 0.800. The van der Waals surface area contributed by atoms with Gasteiger partial charge < -0.3 is 5.32 Å². The number of hydrogen-bond donors (Lipinski definition) is 1. The molecule has 0 fully saturated rings. The first-order valence-electron chi connectivity index (χ1n) is 4.95. The van der Waals surface area contributed by atoms with Crippen molar-refractivity contribution >= 4 is 5.91 Å². The van der Waals surface area contributed by atoms with E-state index in [4.69, 9.17) is 5.26 Å². The first kappa shape index (κ1) is 14.5. The Morgan fingerprint density at radius 3 is 2.54 bits per heavy atom. The van der Waals surface area contributed by atoms with Crippen LogP contribution in [0.5, 0.6) is 0 Å². The van der Waals surface area contributed by atoms with Crippen LogP contribution in [-0.2, 0) is 4.79 Å². The lowest BCUT2D eigenvalue weighted by atomic mass is 10.3. The number of nitrogens with zero attached hydrogens (tertiary/aromatic N) is 1. The number of nitrogens with one attached hydrogen (secondary N) is 1. The summed E-state index contributed by atoms with van der Waals surface area (Å²) < 4.78 is 0. The van der Waals surface area contributed by atoms with Crippen molar-refractivity contribution in [1.29, 1.82) is 5.26 Å². The number of hydrogen-bond acceptors (Lipinski definition) is 2. The molecule has 0 atom stereocenters. The first-order valence-corrected chi connectivity index (χ1v) is 4.95. The molecule has 3 nitrogen and oxygen atoms in total. The van der Waals surface area contributed by atoms with Crippen LogP contribution >= 0.6 is 0 Å². The Labute approximate surface area is 81.1 Å². The number of unbranched alkanes of at least 4 members (excludes halogenated alkanes) is 1. The van der Waals surface area contributed by atoms with Crippen molar-refractivity contribution in [3.05, 3.63) is 0 Å². The van der Waals surface area contributed by atoms with E-state index < -0.39 is 0 Å². The summed E-state index contributed by atoms with van der Waals surface area (Å²) in [4.78, 5) is 10.8. The summed E-state index contributed by atoms with van der Waals surface area (Å²) >= 11 is 0. The molecule has 0 saturated carbocycles. The molecule has 3 heteroatoms. The Bertz CT molecular complexity index is 149. The highest BCUT2D eigenvalue weighted by Crippen LogP contribution is 1.87. The molecule has 0 radical (unpaired) electrons. The standard InChI is InChI=1S/C8H14N2O.C2H6/c1-2-5-8(11)10-7-4-3-6-9;1-2/h2-5,7H2,1H3,(H,10,11);1-2H3. The van der Waals surface area contributed by atoms with Crippen LogP contribution in [0.25, 0.3) is 0 Å². The molecule has 0 aliphatic rings. The van der Waals surface area contributed by atoms with E-state index in [0.717, 1.165) is 12.8 Å². The first-order chi connectivity index (χ1) is 6.31. The second-order valence-corrected chi connectivity index (χ2v) is 2.36. The predicted molar refractivity (Wildman–Crippen MR) is 54.1 cm³/mol. The molecule has 0 aromatic rings. The molecule has 0 spiro atoms. The minimum absolute atomic E-state index is 0.0884. The molecule has 0 unspecified atom stereocenters. The predicted octanol–water partition coefficient (Wildman–Crippen LogP) is 2.23. The van der Waals surface area contributed by atoms with Gasteiger partial charge in [-0.2, -0.15) is 5.26 Å². The Morgan fingerprint density at radius 2 is 2.08 bits per heavy atom. The highest BCUT2D eigenvalue weighted by molar-refractivity contribution is 5.75. The zero-order valence-electron chi connectivity index (χ0n) is 8.89. The summed E-state index contributed by atoms with van der Waals surface area (Å²) in [6.45, 7) is 6.60. The third kappa shape index (κ3) is 13.9. The second-order valence-electron chi connectivity index (χ2n) is 2.36. The van der Waals surface area contributed by atoms with E-state index in [1.807, 2.05) is 26.8 Å². The Morgan fingerprint density at radius 1 is 1.46 bits per heavy atom. The summed E-state index contributed by atoms with van der Waals surface area (Å²) in [7, 11) is 0. The van der Waals surface area contributed by atoms with Crippen molar-refractivity contribution in [1.82, 2.24) is 5.32 Å². The minimum Gasteiger partial charge on any atom is -0.356 e. The number of carbonyl (C=O) groups is 1. The average molecular weight is 184 g/mol. The number of rotatable bonds is 5. The van der Waals surface area contributed by atoms with Gasteiger partial charge in [-0.3, -0.25) is 4.79 Å². The van der Waals surface area contributed by atoms with Crippen molar-refractivity contribution in [2.45, 2.75) is 46.5 Å². The van der Waals surface area contributed by atoms with Gasteiger partial charge >= 0.3 is 0 Å². The summed E-state index contributed by atoms with van der Waals surface area (Å²) in [6, 6.07) is 2.02. The molecule has 76 valence electrons. The Hall–Kier alpha value is -1.04. The lowest BCUT2D eigenvalue weighted by molar-refractivity contribution is -0.121. The van der Waals surface area contributed by atoms with E-state index >= 15 is 0 Å². The van der Waals surface area contributed by atoms with Crippen molar-refractivity contribution in [3.63, 3.8) is 0 Å². The number of carbonyl (C=O) groups excluding carboxylic acids is 1. The van der Waals surface area contributed by atoms with E-state index in [-0.39, 0.29) is 5.91 Å². The monoisotopic (exact) mass is 184 g/mol. The van der Waals surface area contributed by atoms with Gasteiger partial charge in [-0.25, -0.2) is 0 Å². The fourth-order valence-electron chi connectivity index (χ4n) is 0.711. The van der Waals surface area contributed by atoms with Crippen LogP contribution in [0.3, 0.4) is 0 Å². The van der Waals surface area contributed by atoms with Gasteiger partial charge in [0.05, 0.1) is 6.07 Å². The van der Waals surface area contributed by atoms with E-state index in [0.29, 0.717) is 19.4 Å². The molecule has 0 saturated heterocycles. The normalized spacial score (nSPS) is 7.85. The van der Waals surface area contributed by atoms with Gasteiger partial charge in [0.1, 0.15) is 0 Å². The van der Waals surface area contributed by atoms with Crippen LogP contribution in [0.1, 0.15) is 46.5 Å². The summed E-state index contributed by atoms with van der Waals surface area (Å²) in [5.74, 6) is 0.0884. The molecular formula is C10H20N2O. The van der Waals surface area contributed by atoms with E-state index in [9.17, 15) is 4.79 Å². The summed E-state index contributed by atoms with van der Waals surface area (Å²) in [6.07, 6.45) is 2.75. The van der Waals surface area contributed by atoms with E-state index in [1.165, 1.54) is 0 Å². The lowest BCUT2D eigenvalue weighted by Gasteiger charge is -2.00. The Kier molecular flexibility index (Phi) is 15.1. The fourth-order valence-corrected chi connectivity index (χ4v) is 0.711. The third-order valence-corrected chi connectivity index (χ3v) is 1.26. The van der Waals surface area contributed by atoms with Crippen LogP contribution in [-0.4, -0.2) is 12.5 Å². The summed E-state index contributed by atoms with van der Waals surface area (Å²) in [5.41, 5.74) is 0. The maximum Gasteiger partial charge on any atom is 0.219 e. The number of nitriles is 1. The van der Waals surface area contributed by atoms with Gasteiger partial charge in [0, 0.05) is 19.4 Å². The quantitative estimate of drug-likeness (QED) is 0.666. The van der Waals surface area contributed by atoms with Crippen LogP contribution in [0.15, 0.2) is 0 Å². The van der Waals surface area contributed by atoms with Gasteiger partial charge in [0.15, 0.2) is 0 Å². The Balaban J connectivity index is 0. The van der Waals surface area contributed by atoms with E-state index in [1.54, 1.807) is 0 Å². The third-order valence-electron chi connectivity index (χ3n) is 1.26. The van der Waals surface area contributed by atoms with Crippen LogP contribution in [0.2, 0.25) is 0 Å². The minimum atomic E-state index is 0.0884. The molecule has 0 aromatic heterocycles. The smallest absolute Gasteiger partial charge is 0.219 e. The lowest BCUT2D eigenvalue weighted by Crippen LogP contribution is -2.23. The second kappa shape index (κ2) is 13.5. The van der Waals surface area contributed by atoms with E-state index in [2.05, 4.69) is 5.32 Å². The number of amides is 1. The molecule has 13 heavy (non-hydrogen) atoms. The van der Waals surface area contributed by atoms with Gasteiger partial charge in [0.2, 0.25) is 5.91 Å². The molecular weight excluding hydrogens is 164 g/mol.